The Morgan fingerprint density at radius 3 is 2.39 bits per heavy atom. The average molecular weight is 641 g/mol. The molecule has 46 heavy (non-hydrogen) atoms. The Balaban J connectivity index is 1.29. The molecule has 0 aliphatic carbocycles. The van der Waals surface area contributed by atoms with Crippen LogP contribution in [0, 0.1) is 17.6 Å². The molecular formula is C31H25F5N6O4. The number of anilines is 4. The Morgan fingerprint density at radius 2 is 1.72 bits per heavy atom. The lowest BCUT2D eigenvalue weighted by molar-refractivity contribution is -0.141. The first kappa shape index (κ1) is 31.8. The third kappa shape index (κ3) is 7.03. The number of benzene rings is 2. The predicted octanol–water partition coefficient (Wildman–Crippen LogP) is 6.74. The van der Waals surface area contributed by atoms with Gasteiger partial charge < -0.3 is 20.3 Å². The smallest absolute Gasteiger partial charge is 0.433 e. The SMILES string of the molecule is CC(C)N1CC(C(=O)Nc2ccc(Oc3ccnc(Nc4cccc(C(F)(F)F)n4)c3)c(F)c2)C(=O)N(c2ccc(F)cc2)C1=O. The molecule has 1 saturated heterocycles. The van der Waals surface area contributed by atoms with Crippen LogP contribution in [0.3, 0.4) is 0 Å². The molecule has 0 bridgehead atoms. The minimum Gasteiger partial charge on any atom is -0.454 e. The predicted molar refractivity (Wildman–Crippen MR) is 156 cm³/mol. The maximum atomic E-state index is 15.1. The van der Waals surface area contributed by atoms with Gasteiger partial charge in [0.25, 0.3) is 0 Å². The number of imide groups is 1. The van der Waals surface area contributed by atoms with Gasteiger partial charge in [-0.15, -0.1) is 0 Å². The highest BCUT2D eigenvalue weighted by Gasteiger charge is 2.44. The number of alkyl halides is 3. The Hall–Kier alpha value is -5.60. The van der Waals surface area contributed by atoms with Gasteiger partial charge in [0.2, 0.25) is 11.8 Å². The van der Waals surface area contributed by atoms with Crippen molar-refractivity contribution in [2.75, 3.05) is 22.1 Å². The van der Waals surface area contributed by atoms with E-state index in [1.807, 2.05) is 0 Å². The van der Waals surface area contributed by atoms with Crippen molar-refractivity contribution in [3.8, 4) is 11.5 Å². The Labute approximate surface area is 258 Å². The van der Waals surface area contributed by atoms with E-state index in [9.17, 15) is 31.9 Å². The number of carbonyl (C=O) groups excluding carboxylic acids is 3. The summed E-state index contributed by atoms with van der Waals surface area (Å²) >= 11 is 0. The number of nitrogens with one attached hydrogen (secondary N) is 2. The highest BCUT2D eigenvalue weighted by atomic mass is 19.4. The highest BCUT2D eigenvalue weighted by molar-refractivity contribution is 6.23. The summed E-state index contributed by atoms with van der Waals surface area (Å²) in [5, 5.41) is 5.13. The average Bonchev–Trinajstić information content (AvgIpc) is 2.99. The third-order valence-corrected chi connectivity index (χ3v) is 6.81. The number of hydrogen-bond donors (Lipinski definition) is 2. The monoisotopic (exact) mass is 640 g/mol. The molecule has 2 aromatic heterocycles. The molecule has 1 aliphatic rings. The van der Waals surface area contributed by atoms with Gasteiger partial charge in [-0.2, -0.15) is 13.2 Å². The number of urea groups is 1. The number of hydrogen-bond acceptors (Lipinski definition) is 7. The first-order valence-electron chi connectivity index (χ1n) is 13.8. The van der Waals surface area contributed by atoms with Gasteiger partial charge >= 0.3 is 12.2 Å². The van der Waals surface area contributed by atoms with Gasteiger partial charge in [-0.05, 0) is 68.4 Å². The van der Waals surface area contributed by atoms with E-state index in [-0.39, 0.29) is 47.1 Å². The second-order valence-electron chi connectivity index (χ2n) is 10.4. The van der Waals surface area contributed by atoms with Crippen molar-refractivity contribution in [1.29, 1.82) is 0 Å². The minimum absolute atomic E-state index is 0.00307. The summed E-state index contributed by atoms with van der Waals surface area (Å²) in [6.45, 7) is 3.20. The Kier molecular flexibility index (Phi) is 8.84. The van der Waals surface area contributed by atoms with Crippen LogP contribution in [0.4, 0.5) is 49.8 Å². The van der Waals surface area contributed by atoms with E-state index >= 15 is 4.39 Å². The fraction of sp³-hybridized carbons (Fsp3) is 0.194. The molecule has 2 aromatic carbocycles. The lowest BCUT2D eigenvalue weighted by atomic mass is 10.0. The number of rotatable bonds is 8. The second kappa shape index (κ2) is 12.8. The van der Waals surface area contributed by atoms with Crippen LogP contribution < -0.4 is 20.3 Å². The summed E-state index contributed by atoms with van der Waals surface area (Å²) < 4.78 is 73.1. The van der Waals surface area contributed by atoms with Crippen molar-refractivity contribution >= 4 is 40.9 Å². The largest absolute Gasteiger partial charge is 0.454 e. The molecule has 1 atom stereocenters. The third-order valence-electron chi connectivity index (χ3n) is 6.81. The van der Waals surface area contributed by atoms with Crippen molar-refractivity contribution in [3.05, 3.63) is 96.3 Å². The van der Waals surface area contributed by atoms with E-state index < -0.39 is 47.3 Å². The molecule has 2 N–H and O–H groups in total. The molecule has 238 valence electrons. The summed E-state index contributed by atoms with van der Waals surface area (Å²) in [7, 11) is 0. The van der Waals surface area contributed by atoms with Crippen LogP contribution >= 0.6 is 0 Å². The standard InChI is InChI=1S/C31H25F5N6O4/c1-17(2)41-16-22(29(44)42(30(41)45)20-9-6-18(32)7-10-20)28(43)38-19-8-11-24(23(33)14-19)46-21-12-13-37-27(15-21)40-26-5-3-4-25(39-26)31(34,35)36/h3-15,17,22H,16H2,1-2H3,(H,38,43)(H,37,39,40). The van der Waals surface area contributed by atoms with Crippen LogP contribution in [0.2, 0.25) is 0 Å². The minimum atomic E-state index is -4.64. The number of amides is 4. The summed E-state index contributed by atoms with van der Waals surface area (Å²) in [5.74, 6) is -4.63. The molecule has 1 unspecified atom stereocenters. The molecule has 4 amide bonds. The first-order chi connectivity index (χ1) is 21.8. The summed E-state index contributed by atoms with van der Waals surface area (Å²) in [4.78, 5) is 49.3. The van der Waals surface area contributed by atoms with Crippen LogP contribution in [0.5, 0.6) is 11.5 Å². The van der Waals surface area contributed by atoms with Gasteiger partial charge in [0.05, 0.1) is 5.69 Å². The van der Waals surface area contributed by atoms with Crippen molar-refractivity contribution in [2.45, 2.75) is 26.1 Å². The van der Waals surface area contributed by atoms with Crippen molar-refractivity contribution in [3.63, 3.8) is 0 Å². The maximum Gasteiger partial charge on any atom is 0.433 e. The van der Waals surface area contributed by atoms with Crippen LogP contribution in [0.1, 0.15) is 19.5 Å². The zero-order valence-corrected chi connectivity index (χ0v) is 24.2. The van der Waals surface area contributed by atoms with E-state index in [4.69, 9.17) is 4.74 Å². The summed E-state index contributed by atoms with van der Waals surface area (Å²) in [6, 6.07) is 13.2. The van der Waals surface area contributed by atoms with Crippen LogP contribution in [0.15, 0.2) is 79.0 Å². The fourth-order valence-corrected chi connectivity index (χ4v) is 4.54. The van der Waals surface area contributed by atoms with E-state index in [0.29, 0.717) is 0 Å². The van der Waals surface area contributed by atoms with E-state index in [1.54, 1.807) is 13.8 Å². The van der Waals surface area contributed by atoms with Gasteiger partial charge in [-0.25, -0.2) is 28.4 Å². The Bertz CT molecular complexity index is 1780. The molecule has 1 aliphatic heterocycles. The molecule has 0 spiro atoms. The number of aromatic nitrogens is 2. The van der Waals surface area contributed by atoms with Crippen molar-refractivity contribution < 1.29 is 41.1 Å². The molecule has 0 saturated carbocycles. The van der Waals surface area contributed by atoms with Gasteiger partial charge in [0, 0.05) is 36.6 Å². The molecular weight excluding hydrogens is 615 g/mol. The van der Waals surface area contributed by atoms with E-state index in [1.165, 1.54) is 59.6 Å². The number of halogens is 5. The van der Waals surface area contributed by atoms with E-state index in [2.05, 4.69) is 20.6 Å². The Morgan fingerprint density at radius 1 is 0.978 bits per heavy atom. The molecule has 15 heteroatoms. The first-order valence-corrected chi connectivity index (χ1v) is 13.8. The zero-order valence-electron chi connectivity index (χ0n) is 24.2. The molecule has 1 fully saturated rings. The van der Waals surface area contributed by atoms with Gasteiger partial charge in [-0.3, -0.25) is 9.59 Å². The number of ether oxygens (including phenoxy) is 1. The molecule has 5 rings (SSSR count). The van der Waals surface area contributed by atoms with Crippen LogP contribution in [0.25, 0.3) is 0 Å². The van der Waals surface area contributed by atoms with E-state index in [0.717, 1.165) is 29.2 Å². The summed E-state index contributed by atoms with van der Waals surface area (Å²) in [6.07, 6.45) is -3.34. The quantitative estimate of drug-likeness (QED) is 0.162. The van der Waals surface area contributed by atoms with Gasteiger partial charge in [-0.1, -0.05) is 6.07 Å². The lowest BCUT2D eigenvalue weighted by Crippen LogP contribution is -2.61. The molecule has 10 nitrogen and oxygen atoms in total. The second-order valence-corrected chi connectivity index (χ2v) is 10.4. The normalized spacial score (nSPS) is 15.3. The van der Waals surface area contributed by atoms with Crippen LogP contribution in [-0.2, 0) is 15.8 Å². The zero-order chi connectivity index (χ0) is 33.2. The highest BCUT2D eigenvalue weighted by Crippen LogP contribution is 2.31. The molecule has 3 heterocycles. The van der Waals surface area contributed by atoms with Crippen molar-refractivity contribution in [2.24, 2.45) is 5.92 Å². The number of carbonyl (C=O) groups is 3. The fourth-order valence-electron chi connectivity index (χ4n) is 4.54. The van der Waals surface area contributed by atoms with Crippen LogP contribution in [-0.4, -0.2) is 45.3 Å². The summed E-state index contributed by atoms with van der Waals surface area (Å²) in [5.41, 5.74) is -1.01. The van der Waals surface area contributed by atoms with Gasteiger partial charge in [0.15, 0.2) is 11.6 Å². The number of pyridine rings is 2. The maximum absolute atomic E-state index is 15.1. The topological polar surface area (TPSA) is 117 Å². The molecule has 0 radical (unpaired) electrons. The lowest BCUT2D eigenvalue weighted by Gasteiger charge is -2.39. The van der Waals surface area contributed by atoms with Gasteiger partial charge in [0.1, 0.15) is 34.8 Å². The van der Waals surface area contributed by atoms with Crippen molar-refractivity contribution in [1.82, 2.24) is 14.9 Å². The number of nitrogens with zero attached hydrogens (tertiary/aromatic N) is 4. The molecule has 4 aromatic rings.